The molecule has 8 nitrogen and oxygen atoms in total. The van der Waals surface area contributed by atoms with E-state index in [0.29, 0.717) is 30.0 Å². The quantitative estimate of drug-likeness (QED) is 0.400. The number of ketones is 1. The fraction of sp³-hybridized carbons (Fsp3) is 0.269. The summed E-state index contributed by atoms with van der Waals surface area (Å²) in [6.07, 6.45) is 1.68. The minimum atomic E-state index is -3.74. The van der Waals surface area contributed by atoms with Crippen LogP contribution in [-0.2, 0) is 20.0 Å². The average Bonchev–Trinajstić information content (AvgIpc) is 3.45. The lowest BCUT2D eigenvalue weighted by atomic mass is 10.1. The van der Waals surface area contributed by atoms with Crippen LogP contribution in [0.3, 0.4) is 0 Å². The Labute approximate surface area is 212 Å². The van der Waals surface area contributed by atoms with E-state index in [1.807, 2.05) is 6.07 Å². The van der Waals surface area contributed by atoms with Crippen molar-refractivity contribution in [3.63, 3.8) is 0 Å². The number of sulfonamides is 2. The lowest BCUT2D eigenvalue weighted by Gasteiger charge is -2.23. The Morgan fingerprint density at radius 3 is 2.17 bits per heavy atom. The summed E-state index contributed by atoms with van der Waals surface area (Å²) >= 11 is 0. The summed E-state index contributed by atoms with van der Waals surface area (Å²) < 4.78 is 54.7. The number of hydrogen-bond donors (Lipinski definition) is 1. The smallest absolute Gasteiger partial charge is 0.264 e. The topological polar surface area (TPSA) is 104 Å². The van der Waals surface area contributed by atoms with Crippen LogP contribution in [0.5, 0.6) is 0 Å². The first-order chi connectivity index (χ1) is 17.2. The Hall–Kier alpha value is -3.21. The molecule has 1 heterocycles. The number of hydrogen-bond acceptors (Lipinski definition) is 6. The maximum absolute atomic E-state index is 13.1. The van der Waals surface area contributed by atoms with E-state index >= 15 is 0 Å². The summed E-state index contributed by atoms with van der Waals surface area (Å²) in [5.41, 5.74) is 1.45. The zero-order valence-electron chi connectivity index (χ0n) is 20.0. The molecular formula is C26H29N3O5S2. The van der Waals surface area contributed by atoms with Crippen LogP contribution < -0.4 is 9.62 Å². The third-order valence-electron chi connectivity index (χ3n) is 6.09. The van der Waals surface area contributed by atoms with Crippen molar-refractivity contribution in [3.8, 4) is 0 Å². The molecule has 1 fully saturated rings. The van der Waals surface area contributed by atoms with Crippen LogP contribution in [0.4, 0.5) is 11.4 Å². The van der Waals surface area contributed by atoms with Gasteiger partial charge in [0.1, 0.15) is 0 Å². The highest BCUT2D eigenvalue weighted by Gasteiger charge is 2.27. The van der Waals surface area contributed by atoms with Gasteiger partial charge in [-0.2, -0.15) is 4.31 Å². The Morgan fingerprint density at radius 1 is 0.861 bits per heavy atom. The SMILES string of the molecule is CCN(c1ccccc1)S(=O)(=O)c1ccc(NCC(=O)c2cccc(S(=O)(=O)N3CCCC3)c2)cc1. The fourth-order valence-corrected chi connectivity index (χ4v) is 7.19. The van der Waals surface area contributed by atoms with Crippen molar-refractivity contribution in [2.75, 3.05) is 35.8 Å². The van der Waals surface area contributed by atoms with Crippen LogP contribution in [0.25, 0.3) is 0 Å². The van der Waals surface area contributed by atoms with Crippen LogP contribution in [0.2, 0.25) is 0 Å². The molecule has 0 spiro atoms. The van der Waals surface area contributed by atoms with Gasteiger partial charge in [-0.25, -0.2) is 16.8 Å². The molecule has 0 atom stereocenters. The second-order valence-electron chi connectivity index (χ2n) is 8.45. The zero-order valence-corrected chi connectivity index (χ0v) is 21.6. The molecule has 1 saturated heterocycles. The lowest BCUT2D eigenvalue weighted by molar-refractivity contribution is 0.101. The van der Waals surface area contributed by atoms with E-state index in [0.717, 1.165) is 12.8 Å². The number of para-hydroxylation sites is 1. The first kappa shape index (κ1) is 25.9. The van der Waals surface area contributed by atoms with Gasteiger partial charge in [0, 0.05) is 30.9 Å². The van der Waals surface area contributed by atoms with E-state index in [4.69, 9.17) is 0 Å². The highest BCUT2D eigenvalue weighted by atomic mass is 32.2. The predicted octanol–water partition coefficient (Wildman–Crippen LogP) is 3.98. The summed E-state index contributed by atoms with van der Waals surface area (Å²) in [6.45, 7) is 2.99. The Bertz CT molecular complexity index is 1420. The third-order valence-corrected chi connectivity index (χ3v) is 9.90. The van der Waals surface area contributed by atoms with Crippen LogP contribution in [-0.4, -0.2) is 53.1 Å². The maximum Gasteiger partial charge on any atom is 0.264 e. The fourth-order valence-electron chi connectivity index (χ4n) is 4.15. The van der Waals surface area contributed by atoms with E-state index in [1.54, 1.807) is 55.5 Å². The van der Waals surface area contributed by atoms with Gasteiger partial charge in [-0.3, -0.25) is 9.10 Å². The Kier molecular flexibility index (Phi) is 7.77. The van der Waals surface area contributed by atoms with Gasteiger partial charge >= 0.3 is 0 Å². The number of nitrogens with one attached hydrogen (secondary N) is 1. The zero-order chi connectivity index (χ0) is 25.8. The van der Waals surface area contributed by atoms with Crippen molar-refractivity contribution in [2.45, 2.75) is 29.6 Å². The molecule has 0 unspecified atom stereocenters. The number of nitrogens with zero attached hydrogens (tertiary/aromatic N) is 2. The molecule has 0 aromatic heterocycles. The summed E-state index contributed by atoms with van der Waals surface area (Å²) in [6, 6.07) is 21.2. The molecular weight excluding hydrogens is 498 g/mol. The van der Waals surface area contributed by atoms with Crippen LogP contribution in [0, 0.1) is 0 Å². The van der Waals surface area contributed by atoms with Crippen molar-refractivity contribution >= 4 is 37.2 Å². The number of benzene rings is 3. The first-order valence-electron chi connectivity index (χ1n) is 11.8. The minimum absolute atomic E-state index is 0.0651. The van der Waals surface area contributed by atoms with Crippen molar-refractivity contribution in [2.24, 2.45) is 0 Å². The predicted molar refractivity (Wildman–Crippen MR) is 140 cm³/mol. The molecule has 4 rings (SSSR count). The van der Waals surface area contributed by atoms with E-state index in [2.05, 4.69) is 5.32 Å². The molecule has 1 aliphatic rings. The molecule has 0 saturated carbocycles. The molecule has 0 aliphatic carbocycles. The molecule has 36 heavy (non-hydrogen) atoms. The number of carbonyl (C=O) groups is 1. The number of anilines is 2. The maximum atomic E-state index is 13.1. The van der Waals surface area contributed by atoms with Crippen molar-refractivity contribution in [1.82, 2.24) is 4.31 Å². The summed E-state index contributed by atoms with van der Waals surface area (Å²) in [5.74, 6) is -0.272. The first-order valence-corrected chi connectivity index (χ1v) is 14.7. The molecule has 10 heteroatoms. The minimum Gasteiger partial charge on any atom is -0.378 e. The molecule has 1 aliphatic heterocycles. The van der Waals surface area contributed by atoms with Crippen LogP contribution >= 0.6 is 0 Å². The highest BCUT2D eigenvalue weighted by molar-refractivity contribution is 7.92. The van der Waals surface area contributed by atoms with Gasteiger partial charge in [0.15, 0.2) is 5.78 Å². The second kappa shape index (κ2) is 10.8. The van der Waals surface area contributed by atoms with Gasteiger partial charge in [-0.15, -0.1) is 0 Å². The number of Topliss-reactive ketones (excluding diaryl/α,β-unsaturated/α-hetero) is 1. The van der Waals surface area contributed by atoms with E-state index in [9.17, 15) is 21.6 Å². The van der Waals surface area contributed by atoms with Gasteiger partial charge in [-0.05, 0) is 68.3 Å². The lowest BCUT2D eigenvalue weighted by Crippen LogP contribution is -2.30. The third kappa shape index (κ3) is 5.45. The van der Waals surface area contributed by atoms with Gasteiger partial charge < -0.3 is 5.32 Å². The van der Waals surface area contributed by atoms with Gasteiger partial charge in [0.25, 0.3) is 10.0 Å². The van der Waals surface area contributed by atoms with Gasteiger partial charge in [-0.1, -0.05) is 30.3 Å². The molecule has 3 aromatic rings. The summed E-state index contributed by atoms with van der Waals surface area (Å²) in [5, 5.41) is 2.99. The molecule has 190 valence electrons. The molecule has 0 radical (unpaired) electrons. The van der Waals surface area contributed by atoms with E-state index in [-0.39, 0.29) is 28.7 Å². The highest BCUT2D eigenvalue weighted by Crippen LogP contribution is 2.25. The van der Waals surface area contributed by atoms with Crippen molar-refractivity contribution < 1.29 is 21.6 Å². The molecule has 1 N–H and O–H groups in total. The van der Waals surface area contributed by atoms with Gasteiger partial charge in [0.2, 0.25) is 10.0 Å². The Balaban J connectivity index is 1.43. The van der Waals surface area contributed by atoms with E-state index in [1.165, 1.54) is 32.9 Å². The largest absolute Gasteiger partial charge is 0.378 e. The van der Waals surface area contributed by atoms with E-state index < -0.39 is 20.0 Å². The summed E-state index contributed by atoms with van der Waals surface area (Å²) in [7, 11) is -7.35. The number of rotatable bonds is 10. The van der Waals surface area contributed by atoms with Crippen LogP contribution in [0.15, 0.2) is 88.7 Å². The average molecular weight is 528 g/mol. The van der Waals surface area contributed by atoms with Crippen molar-refractivity contribution in [3.05, 3.63) is 84.4 Å². The molecule has 0 bridgehead atoms. The Morgan fingerprint density at radius 2 is 1.53 bits per heavy atom. The van der Waals surface area contributed by atoms with Gasteiger partial charge in [0.05, 0.1) is 22.0 Å². The van der Waals surface area contributed by atoms with Crippen LogP contribution in [0.1, 0.15) is 30.1 Å². The summed E-state index contributed by atoms with van der Waals surface area (Å²) in [4.78, 5) is 13.0. The molecule has 0 amide bonds. The van der Waals surface area contributed by atoms with Crippen molar-refractivity contribution in [1.29, 1.82) is 0 Å². The second-order valence-corrected chi connectivity index (χ2v) is 12.2. The normalized spacial score (nSPS) is 14.5. The molecule has 3 aromatic carbocycles. The monoisotopic (exact) mass is 527 g/mol. The standard InChI is InChI=1S/C26H29N3O5S2/c1-2-29(23-10-4-3-5-11-23)36(33,34)24-15-13-22(14-16-24)27-20-26(30)21-9-8-12-25(19-21)35(31,32)28-17-6-7-18-28/h3-5,8-16,19,27H,2,6-7,17-18,20H2,1H3. The number of carbonyl (C=O) groups excluding carboxylic acids is 1.